The van der Waals surface area contributed by atoms with Crippen molar-refractivity contribution < 1.29 is 19.2 Å². The zero-order valence-corrected chi connectivity index (χ0v) is 17.6. The zero-order chi connectivity index (χ0) is 22.7. The van der Waals surface area contributed by atoms with Gasteiger partial charge in [-0.25, -0.2) is 9.79 Å². The molecule has 32 heavy (non-hydrogen) atoms. The van der Waals surface area contributed by atoms with E-state index in [1.807, 2.05) is 55.5 Å². The molecule has 7 nitrogen and oxygen atoms in total. The molecule has 3 aromatic carbocycles. The van der Waals surface area contributed by atoms with Crippen molar-refractivity contribution in [3.8, 4) is 5.75 Å². The van der Waals surface area contributed by atoms with Gasteiger partial charge in [0.15, 0.2) is 5.70 Å². The van der Waals surface area contributed by atoms with E-state index in [0.717, 1.165) is 11.1 Å². The molecule has 0 spiro atoms. The molecular formula is C25H20N2O5. The first kappa shape index (κ1) is 21.0. The van der Waals surface area contributed by atoms with Gasteiger partial charge in [-0.1, -0.05) is 48.5 Å². The molecule has 0 atom stereocenters. The molecule has 4 rings (SSSR count). The number of carbonyl (C=O) groups is 1. The molecule has 0 amide bonds. The van der Waals surface area contributed by atoms with Crippen molar-refractivity contribution in [1.82, 2.24) is 0 Å². The second kappa shape index (κ2) is 8.85. The van der Waals surface area contributed by atoms with E-state index in [-0.39, 0.29) is 17.3 Å². The van der Waals surface area contributed by atoms with Crippen LogP contribution in [0.5, 0.6) is 5.75 Å². The standard InChI is InChI=1S/C25H20N2O5/c1-16-8-3-4-10-19(16)15-31-23-13-6-5-9-18(23)14-21-25(28)32-24(26-21)20-11-7-12-22(17(20)2)27(29)30/h3-14H,15H2,1-2H3/b21-14-. The Bertz CT molecular complexity index is 1280. The average Bonchev–Trinajstić information content (AvgIpc) is 3.14. The van der Waals surface area contributed by atoms with Crippen LogP contribution in [0.25, 0.3) is 6.08 Å². The minimum atomic E-state index is -0.625. The third kappa shape index (κ3) is 4.27. The summed E-state index contributed by atoms with van der Waals surface area (Å²) < 4.78 is 11.3. The van der Waals surface area contributed by atoms with Crippen LogP contribution in [0, 0.1) is 24.0 Å². The Morgan fingerprint density at radius 3 is 2.56 bits per heavy atom. The topological polar surface area (TPSA) is 91.0 Å². The molecule has 3 aromatic rings. The number of nitro groups is 1. The number of aliphatic imine (C=N–C) groups is 1. The molecule has 0 radical (unpaired) electrons. The summed E-state index contributed by atoms with van der Waals surface area (Å²) in [6.45, 7) is 4.01. The molecule has 0 saturated carbocycles. The van der Waals surface area contributed by atoms with Gasteiger partial charge in [-0.05, 0) is 43.2 Å². The van der Waals surface area contributed by atoms with Gasteiger partial charge in [-0.15, -0.1) is 0 Å². The molecular weight excluding hydrogens is 408 g/mol. The summed E-state index contributed by atoms with van der Waals surface area (Å²) in [5, 5.41) is 11.2. The van der Waals surface area contributed by atoms with Crippen molar-refractivity contribution in [3.05, 3.63) is 110 Å². The number of hydrogen-bond acceptors (Lipinski definition) is 6. The maximum atomic E-state index is 12.4. The van der Waals surface area contributed by atoms with E-state index < -0.39 is 10.9 Å². The number of para-hydroxylation sites is 1. The molecule has 0 aliphatic carbocycles. The summed E-state index contributed by atoms with van der Waals surface area (Å²) in [5.74, 6) is 0.0200. The lowest BCUT2D eigenvalue weighted by Crippen LogP contribution is -2.08. The highest BCUT2D eigenvalue weighted by Gasteiger charge is 2.27. The minimum Gasteiger partial charge on any atom is -0.488 e. The number of nitrogens with zero attached hydrogens (tertiary/aromatic N) is 2. The Balaban J connectivity index is 1.63. The van der Waals surface area contributed by atoms with Crippen LogP contribution < -0.4 is 4.74 Å². The molecule has 1 aliphatic heterocycles. The van der Waals surface area contributed by atoms with Crippen LogP contribution in [-0.4, -0.2) is 16.8 Å². The van der Waals surface area contributed by atoms with Crippen LogP contribution in [0.2, 0.25) is 0 Å². The fourth-order valence-corrected chi connectivity index (χ4v) is 3.38. The van der Waals surface area contributed by atoms with Gasteiger partial charge in [-0.3, -0.25) is 10.1 Å². The maximum Gasteiger partial charge on any atom is 0.363 e. The smallest absolute Gasteiger partial charge is 0.363 e. The number of ether oxygens (including phenoxy) is 2. The van der Waals surface area contributed by atoms with E-state index in [2.05, 4.69) is 4.99 Å². The van der Waals surface area contributed by atoms with Gasteiger partial charge < -0.3 is 9.47 Å². The van der Waals surface area contributed by atoms with Gasteiger partial charge in [0.2, 0.25) is 5.90 Å². The molecule has 0 N–H and O–H groups in total. The number of benzene rings is 3. The van der Waals surface area contributed by atoms with E-state index in [1.54, 1.807) is 19.1 Å². The summed E-state index contributed by atoms with van der Waals surface area (Å²) >= 11 is 0. The average molecular weight is 428 g/mol. The Hall–Kier alpha value is -4.26. The number of hydrogen-bond donors (Lipinski definition) is 0. The van der Waals surface area contributed by atoms with E-state index in [4.69, 9.17) is 9.47 Å². The minimum absolute atomic E-state index is 0.0424. The third-order valence-electron chi connectivity index (χ3n) is 5.21. The van der Waals surface area contributed by atoms with Crippen LogP contribution in [0.3, 0.4) is 0 Å². The number of aryl methyl sites for hydroxylation is 1. The molecule has 160 valence electrons. The van der Waals surface area contributed by atoms with Crippen molar-refractivity contribution in [3.63, 3.8) is 0 Å². The van der Waals surface area contributed by atoms with E-state index in [1.165, 1.54) is 12.1 Å². The summed E-state index contributed by atoms with van der Waals surface area (Å²) in [4.78, 5) is 27.5. The number of nitro benzene ring substituents is 1. The van der Waals surface area contributed by atoms with Crippen LogP contribution in [0.15, 0.2) is 77.4 Å². The second-order valence-electron chi connectivity index (χ2n) is 7.30. The molecule has 0 aromatic heterocycles. The number of carbonyl (C=O) groups excluding carboxylic acids is 1. The maximum absolute atomic E-state index is 12.4. The first-order valence-electron chi connectivity index (χ1n) is 9.97. The number of esters is 1. The number of cyclic esters (lactones) is 1. The quantitative estimate of drug-likeness (QED) is 0.235. The lowest BCUT2D eigenvalue weighted by Gasteiger charge is -2.11. The van der Waals surface area contributed by atoms with Crippen LogP contribution in [0.4, 0.5) is 5.69 Å². The highest BCUT2D eigenvalue weighted by Crippen LogP contribution is 2.28. The fraction of sp³-hybridized carbons (Fsp3) is 0.120. The normalized spacial score (nSPS) is 14.2. The van der Waals surface area contributed by atoms with Gasteiger partial charge in [0.1, 0.15) is 12.4 Å². The summed E-state index contributed by atoms with van der Waals surface area (Å²) in [6.07, 6.45) is 1.59. The van der Waals surface area contributed by atoms with E-state index in [9.17, 15) is 14.9 Å². The van der Waals surface area contributed by atoms with E-state index >= 15 is 0 Å². The third-order valence-corrected chi connectivity index (χ3v) is 5.21. The molecule has 1 heterocycles. The number of rotatable bonds is 6. The molecule has 0 saturated heterocycles. The van der Waals surface area contributed by atoms with Gasteiger partial charge in [0.05, 0.1) is 4.92 Å². The zero-order valence-electron chi connectivity index (χ0n) is 17.6. The highest BCUT2D eigenvalue weighted by atomic mass is 16.6. The van der Waals surface area contributed by atoms with Gasteiger partial charge >= 0.3 is 5.97 Å². The van der Waals surface area contributed by atoms with Crippen molar-refractivity contribution in [2.24, 2.45) is 4.99 Å². The predicted molar refractivity (Wildman–Crippen MR) is 120 cm³/mol. The van der Waals surface area contributed by atoms with Crippen LogP contribution in [0.1, 0.15) is 27.8 Å². The van der Waals surface area contributed by atoms with Crippen LogP contribution >= 0.6 is 0 Å². The fourth-order valence-electron chi connectivity index (χ4n) is 3.38. The molecule has 0 fully saturated rings. The van der Waals surface area contributed by atoms with Gasteiger partial charge in [0, 0.05) is 22.8 Å². The predicted octanol–water partition coefficient (Wildman–Crippen LogP) is 5.14. The SMILES string of the molecule is Cc1ccccc1COc1ccccc1/C=C1\N=C(c2cccc([N+](=O)[O-])c2C)OC1=O. The Labute approximate surface area is 184 Å². The van der Waals surface area contributed by atoms with Crippen molar-refractivity contribution in [2.45, 2.75) is 20.5 Å². The largest absolute Gasteiger partial charge is 0.488 e. The summed E-state index contributed by atoms with van der Waals surface area (Å²) in [5.41, 5.74) is 3.69. The van der Waals surface area contributed by atoms with Crippen LogP contribution in [-0.2, 0) is 16.1 Å². The Morgan fingerprint density at radius 1 is 1.03 bits per heavy atom. The Morgan fingerprint density at radius 2 is 1.78 bits per heavy atom. The van der Waals surface area contributed by atoms with Gasteiger partial charge in [0.25, 0.3) is 5.69 Å². The first-order chi connectivity index (χ1) is 15.4. The molecule has 0 bridgehead atoms. The van der Waals surface area contributed by atoms with E-state index in [0.29, 0.717) is 29.0 Å². The molecule has 1 aliphatic rings. The van der Waals surface area contributed by atoms with Crippen molar-refractivity contribution in [2.75, 3.05) is 0 Å². The molecule has 0 unspecified atom stereocenters. The Kier molecular flexibility index (Phi) is 5.81. The summed E-state index contributed by atoms with van der Waals surface area (Å²) in [7, 11) is 0. The first-order valence-corrected chi connectivity index (χ1v) is 9.97. The monoisotopic (exact) mass is 428 g/mol. The highest BCUT2D eigenvalue weighted by molar-refractivity contribution is 6.13. The van der Waals surface area contributed by atoms with Crippen molar-refractivity contribution in [1.29, 1.82) is 0 Å². The second-order valence-corrected chi connectivity index (χ2v) is 7.30. The molecule has 7 heteroatoms. The lowest BCUT2D eigenvalue weighted by atomic mass is 10.1. The lowest BCUT2D eigenvalue weighted by molar-refractivity contribution is -0.385. The van der Waals surface area contributed by atoms with Crippen molar-refractivity contribution >= 4 is 23.6 Å². The van der Waals surface area contributed by atoms with Gasteiger partial charge in [-0.2, -0.15) is 0 Å². The summed E-state index contributed by atoms with van der Waals surface area (Å²) in [6, 6.07) is 19.8.